The standard InChI is InChI=1S/C25H28N2O2/c1-18-24(9-6-20-3-2-13-26-25(18)20)19-4-7-22(8-5-19)29-23-10-14-27(15-11-23)21-12-16-28-17-21/h2-9,13,21,23H,10-12,14-17H2,1H3. The van der Waals surface area contributed by atoms with Crippen LogP contribution in [0.4, 0.5) is 0 Å². The number of aromatic nitrogens is 1. The molecule has 0 amide bonds. The molecule has 1 aromatic heterocycles. The number of rotatable bonds is 4. The van der Waals surface area contributed by atoms with E-state index in [4.69, 9.17) is 9.47 Å². The lowest BCUT2D eigenvalue weighted by Crippen LogP contribution is -2.44. The molecule has 2 aromatic carbocycles. The number of nitrogens with zero attached hydrogens (tertiary/aromatic N) is 2. The van der Waals surface area contributed by atoms with E-state index in [1.165, 1.54) is 28.5 Å². The fourth-order valence-corrected chi connectivity index (χ4v) is 4.68. The third kappa shape index (κ3) is 3.87. The molecule has 2 saturated heterocycles. The van der Waals surface area contributed by atoms with Crippen molar-refractivity contribution in [1.29, 1.82) is 0 Å². The minimum absolute atomic E-state index is 0.311. The molecule has 0 saturated carbocycles. The van der Waals surface area contributed by atoms with Gasteiger partial charge >= 0.3 is 0 Å². The summed E-state index contributed by atoms with van der Waals surface area (Å²) < 4.78 is 11.8. The summed E-state index contributed by atoms with van der Waals surface area (Å²) in [5, 5.41) is 1.18. The van der Waals surface area contributed by atoms with Gasteiger partial charge in [-0.1, -0.05) is 30.3 Å². The zero-order valence-electron chi connectivity index (χ0n) is 17.0. The molecule has 4 nitrogen and oxygen atoms in total. The van der Waals surface area contributed by atoms with Crippen LogP contribution in [0, 0.1) is 6.92 Å². The molecule has 0 aliphatic carbocycles. The summed E-state index contributed by atoms with van der Waals surface area (Å²) in [5.74, 6) is 0.966. The van der Waals surface area contributed by atoms with E-state index >= 15 is 0 Å². The molecular formula is C25H28N2O2. The van der Waals surface area contributed by atoms with Crippen molar-refractivity contribution < 1.29 is 9.47 Å². The van der Waals surface area contributed by atoms with Crippen LogP contribution >= 0.6 is 0 Å². The number of hydrogen-bond donors (Lipinski definition) is 0. The van der Waals surface area contributed by atoms with Gasteiger partial charge < -0.3 is 9.47 Å². The molecule has 2 aliphatic heterocycles. The average Bonchev–Trinajstić information content (AvgIpc) is 3.31. The number of ether oxygens (including phenoxy) is 2. The molecule has 2 fully saturated rings. The molecule has 3 heterocycles. The maximum atomic E-state index is 6.29. The van der Waals surface area contributed by atoms with Crippen LogP contribution in [0.1, 0.15) is 24.8 Å². The van der Waals surface area contributed by atoms with Crippen molar-refractivity contribution in [3.05, 3.63) is 60.3 Å². The van der Waals surface area contributed by atoms with Gasteiger partial charge in [0.05, 0.1) is 12.1 Å². The second kappa shape index (κ2) is 8.13. The molecule has 0 spiro atoms. The summed E-state index contributed by atoms with van der Waals surface area (Å²) >= 11 is 0. The number of pyridine rings is 1. The fraction of sp³-hybridized carbons (Fsp3) is 0.400. The van der Waals surface area contributed by atoms with E-state index in [1.807, 2.05) is 12.3 Å². The van der Waals surface area contributed by atoms with Crippen molar-refractivity contribution in [2.45, 2.75) is 38.3 Å². The summed E-state index contributed by atoms with van der Waals surface area (Å²) in [6.07, 6.45) is 5.53. The molecule has 0 radical (unpaired) electrons. The lowest BCUT2D eigenvalue weighted by molar-refractivity contribution is 0.0686. The van der Waals surface area contributed by atoms with Crippen LogP contribution < -0.4 is 4.74 Å². The Morgan fingerprint density at radius 1 is 1.00 bits per heavy atom. The Hall–Kier alpha value is -2.43. The number of benzene rings is 2. The van der Waals surface area contributed by atoms with Gasteiger partial charge in [-0.05, 0) is 61.1 Å². The molecule has 0 bridgehead atoms. The number of piperidine rings is 1. The number of hydrogen-bond acceptors (Lipinski definition) is 4. The van der Waals surface area contributed by atoms with Crippen LogP contribution in [0.25, 0.3) is 22.0 Å². The van der Waals surface area contributed by atoms with Gasteiger partial charge in [-0.25, -0.2) is 0 Å². The van der Waals surface area contributed by atoms with Crippen molar-refractivity contribution in [2.24, 2.45) is 0 Å². The van der Waals surface area contributed by atoms with Gasteiger partial charge in [-0.2, -0.15) is 0 Å². The van der Waals surface area contributed by atoms with Gasteiger partial charge in [-0.15, -0.1) is 0 Å². The summed E-state index contributed by atoms with van der Waals surface area (Å²) in [4.78, 5) is 7.14. The van der Waals surface area contributed by atoms with E-state index in [9.17, 15) is 0 Å². The van der Waals surface area contributed by atoms with Crippen LogP contribution in [0.15, 0.2) is 54.7 Å². The summed E-state index contributed by atoms with van der Waals surface area (Å²) in [5.41, 5.74) is 4.73. The summed E-state index contributed by atoms with van der Waals surface area (Å²) in [6.45, 7) is 6.19. The zero-order valence-corrected chi connectivity index (χ0v) is 17.0. The summed E-state index contributed by atoms with van der Waals surface area (Å²) in [6, 6.07) is 17.6. The van der Waals surface area contributed by atoms with Crippen LogP contribution in [-0.2, 0) is 4.74 Å². The van der Waals surface area contributed by atoms with Crippen molar-refractivity contribution in [3.8, 4) is 16.9 Å². The van der Waals surface area contributed by atoms with Gasteiger partial charge in [0, 0.05) is 37.3 Å². The molecule has 0 N–H and O–H groups in total. The van der Waals surface area contributed by atoms with Gasteiger partial charge in [0.15, 0.2) is 0 Å². The second-order valence-electron chi connectivity index (χ2n) is 8.21. The highest BCUT2D eigenvalue weighted by Crippen LogP contribution is 2.30. The van der Waals surface area contributed by atoms with Crippen LogP contribution in [0.2, 0.25) is 0 Å². The average molecular weight is 389 g/mol. The van der Waals surface area contributed by atoms with Crippen molar-refractivity contribution >= 4 is 10.9 Å². The molecule has 29 heavy (non-hydrogen) atoms. The zero-order chi connectivity index (χ0) is 19.6. The SMILES string of the molecule is Cc1c(-c2ccc(OC3CCN(C4CCOC4)CC3)cc2)ccc2cccnc12. The highest BCUT2D eigenvalue weighted by Gasteiger charge is 2.28. The second-order valence-corrected chi connectivity index (χ2v) is 8.21. The van der Waals surface area contributed by atoms with E-state index in [0.29, 0.717) is 12.1 Å². The quantitative estimate of drug-likeness (QED) is 0.640. The van der Waals surface area contributed by atoms with E-state index in [1.54, 1.807) is 0 Å². The number of fused-ring (bicyclic) bond motifs is 1. The molecule has 5 rings (SSSR count). The normalized spacial score (nSPS) is 20.9. The highest BCUT2D eigenvalue weighted by molar-refractivity contribution is 5.88. The fourth-order valence-electron chi connectivity index (χ4n) is 4.68. The first-order valence-electron chi connectivity index (χ1n) is 10.7. The smallest absolute Gasteiger partial charge is 0.119 e. The molecule has 1 unspecified atom stereocenters. The maximum Gasteiger partial charge on any atom is 0.119 e. The Morgan fingerprint density at radius 2 is 1.83 bits per heavy atom. The number of aryl methyl sites for hydroxylation is 1. The van der Waals surface area contributed by atoms with Gasteiger partial charge in [0.1, 0.15) is 11.9 Å². The van der Waals surface area contributed by atoms with Crippen molar-refractivity contribution in [1.82, 2.24) is 9.88 Å². The largest absolute Gasteiger partial charge is 0.490 e. The topological polar surface area (TPSA) is 34.6 Å². The van der Waals surface area contributed by atoms with Crippen LogP contribution in [0.5, 0.6) is 5.75 Å². The summed E-state index contributed by atoms with van der Waals surface area (Å²) in [7, 11) is 0. The molecule has 3 aromatic rings. The Labute approximate surface area is 172 Å². The van der Waals surface area contributed by atoms with Crippen molar-refractivity contribution in [3.63, 3.8) is 0 Å². The van der Waals surface area contributed by atoms with E-state index < -0.39 is 0 Å². The van der Waals surface area contributed by atoms with Gasteiger partial charge in [0.25, 0.3) is 0 Å². The first-order chi connectivity index (χ1) is 14.3. The third-order valence-corrected chi connectivity index (χ3v) is 6.39. The molecular weight excluding hydrogens is 360 g/mol. The minimum atomic E-state index is 0.311. The van der Waals surface area contributed by atoms with Crippen molar-refractivity contribution in [2.75, 3.05) is 26.3 Å². The predicted octanol–water partition coefficient (Wildman–Crippen LogP) is 4.84. The molecule has 150 valence electrons. The highest BCUT2D eigenvalue weighted by atomic mass is 16.5. The van der Waals surface area contributed by atoms with Crippen LogP contribution in [-0.4, -0.2) is 48.3 Å². The Bertz CT molecular complexity index is 972. The Morgan fingerprint density at radius 3 is 2.59 bits per heavy atom. The lowest BCUT2D eigenvalue weighted by Gasteiger charge is -2.35. The Balaban J connectivity index is 1.25. The minimum Gasteiger partial charge on any atom is -0.490 e. The van der Waals surface area contributed by atoms with Crippen LogP contribution in [0.3, 0.4) is 0 Å². The van der Waals surface area contributed by atoms with E-state index in [0.717, 1.165) is 50.4 Å². The van der Waals surface area contributed by atoms with Gasteiger partial charge in [0.2, 0.25) is 0 Å². The number of likely N-dealkylation sites (tertiary alicyclic amines) is 1. The molecule has 2 aliphatic rings. The molecule has 1 atom stereocenters. The lowest BCUT2D eigenvalue weighted by atomic mass is 9.98. The maximum absolute atomic E-state index is 6.29. The predicted molar refractivity (Wildman–Crippen MR) is 116 cm³/mol. The van der Waals surface area contributed by atoms with E-state index in [-0.39, 0.29) is 0 Å². The van der Waals surface area contributed by atoms with E-state index in [2.05, 4.69) is 59.3 Å². The monoisotopic (exact) mass is 388 g/mol. The first-order valence-corrected chi connectivity index (χ1v) is 10.7. The van der Waals surface area contributed by atoms with Gasteiger partial charge in [-0.3, -0.25) is 9.88 Å². The molecule has 4 heteroatoms. The third-order valence-electron chi connectivity index (χ3n) is 6.39. The first kappa shape index (κ1) is 18.6. The Kier molecular flexibility index (Phi) is 5.21.